The van der Waals surface area contributed by atoms with Crippen molar-refractivity contribution in [3.63, 3.8) is 0 Å². The molecule has 1 aromatic carbocycles. The molecule has 3 rings (SSSR count). The number of fused-ring (bicyclic) bond motifs is 1. The number of nitrogens with one attached hydrogen (secondary N) is 3. The number of benzene rings is 1. The van der Waals surface area contributed by atoms with Gasteiger partial charge >= 0.3 is 0 Å². The van der Waals surface area contributed by atoms with Crippen LogP contribution in [-0.2, 0) is 9.59 Å². The largest absolute Gasteiger partial charge is 0.342 e. The van der Waals surface area contributed by atoms with Gasteiger partial charge < -0.3 is 15.5 Å². The Morgan fingerprint density at radius 3 is 2.52 bits per heavy atom. The predicted molar refractivity (Wildman–Crippen MR) is 93.7 cm³/mol. The summed E-state index contributed by atoms with van der Waals surface area (Å²) < 4.78 is 12.8. The molecule has 1 saturated heterocycles. The average molecular weight is 348 g/mol. The Labute approximate surface area is 148 Å². The predicted octanol–water partition coefficient (Wildman–Crippen LogP) is 0.975. The molecular formula is C19H27FN3O2+. The number of rotatable bonds is 5. The van der Waals surface area contributed by atoms with Crippen LogP contribution in [0.1, 0.15) is 32.1 Å². The molecule has 0 spiro atoms. The second kappa shape index (κ2) is 8.43. The SMILES string of the molecule is O=C(C[NH+]1CC[C@H]2CCCC[C@@H]2C1)NCC(=O)Nc1ccc(F)cc1. The summed E-state index contributed by atoms with van der Waals surface area (Å²) in [6, 6.07) is 5.56. The Kier molecular flexibility index (Phi) is 6.02. The second-order valence-electron chi connectivity index (χ2n) is 7.31. The van der Waals surface area contributed by atoms with E-state index < -0.39 is 0 Å². The van der Waals surface area contributed by atoms with Crippen molar-refractivity contribution in [3.8, 4) is 0 Å². The highest BCUT2D eigenvalue weighted by molar-refractivity contribution is 5.94. The van der Waals surface area contributed by atoms with Crippen molar-refractivity contribution < 1.29 is 18.9 Å². The topological polar surface area (TPSA) is 62.6 Å². The van der Waals surface area contributed by atoms with Gasteiger partial charge in [0.15, 0.2) is 6.54 Å². The maximum atomic E-state index is 12.8. The van der Waals surface area contributed by atoms with E-state index in [1.807, 2.05) is 0 Å². The molecule has 1 aliphatic carbocycles. The third-order valence-corrected chi connectivity index (χ3v) is 5.47. The Bertz CT molecular complexity index is 605. The van der Waals surface area contributed by atoms with E-state index in [1.54, 1.807) is 0 Å². The van der Waals surface area contributed by atoms with E-state index >= 15 is 0 Å². The quantitative estimate of drug-likeness (QED) is 0.743. The van der Waals surface area contributed by atoms with Crippen LogP contribution in [0.5, 0.6) is 0 Å². The van der Waals surface area contributed by atoms with Crippen molar-refractivity contribution in [3.05, 3.63) is 30.1 Å². The number of piperidine rings is 1. The lowest BCUT2D eigenvalue weighted by molar-refractivity contribution is -0.902. The van der Waals surface area contributed by atoms with Gasteiger partial charge in [-0.2, -0.15) is 0 Å². The van der Waals surface area contributed by atoms with E-state index in [-0.39, 0.29) is 24.2 Å². The van der Waals surface area contributed by atoms with Gasteiger partial charge in [0.05, 0.1) is 19.6 Å². The summed E-state index contributed by atoms with van der Waals surface area (Å²) >= 11 is 0. The van der Waals surface area contributed by atoms with Gasteiger partial charge in [-0.3, -0.25) is 9.59 Å². The number of quaternary nitrogens is 1. The summed E-state index contributed by atoms with van der Waals surface area (Å²) in [6.07, 6.45) is 6.56. The number of amides is 2. The van der Waals surface area contributed by atoms with Crippen LogP contribution in [-0.4, -0.2) is 38.0 Å². The summed E-state index contributed by atoms with van der Waals surface area (Å²) in [4.78, 5) is 25.3. The number of hydrogen-bond donors (Lipinski definition) is 3. The smallest absolute Gasteiger partial charge is 0.275 e. The van der Waals surface area contributed by atoms with E-state index in [2.05, 4.69) is 10.6 Å². The Hall–Kier alpha value is -1.95. The lowest BCUT2D eigenvalue weighted by Crippen LogP contribution is -3.15. The van der Waals surface area contributed by atoms with Gasteiger partial charge in [0.25, 0.3) is 5.91 Å². The minimum absolute atomic E-state index is 0.0600. The molecule has 1 heterocycles. The maximum Gasteiger partial charge on any atom is 0.275 e. The first-order chi connectivity index (χ1) is 12.1. The third kappa shape index (κ3) is 5.26. The second-order valence-corrected chi connectivity index (χ2v) is 7.31. The number of halogens is 1. The molecule has 5 nitrogen and oxygen atoms in total. The molecule has 2 aliphatic rings. The molecule has 25 heavy (non-hydrogen) atoms. The first-order valence-electron chi connectivity index (χ1n) is 9.26. The molecule has 136 valence electrons. The Morgan fingerprint density at radius 2 is 1.76 bits per heavy atom. The van der Waals surface area contributed by atoms with Crippen LogP contribution in [0.25, 0.3) is 0 Å². The first-order valence-corrected chi connectivity index (χ1v) is 9.26. The minimum atomic E-state index is -0.351. The van der Waals surface area contributed by atoms with Gasteiger partial charge in [-0.15, -0.1) is 0 Å². The minimum Gasteiger partial charge on any atom is -0.342 e. The molecule has 1 unspecified atom stereocenters. The summed E-state index contributed by atoms with van der Waals surface area (Å²) in [5.74, 6) is 0.893. The number of carbonyl (C=O) groups excluding carboxylic acids is 2. The van der Waals surface area contributed by atoms with E-state index in [0.29, 0.717) is 12.2 Å². The van der Waals surface area contributed by atoms with Crippen molar-refractivity contribution in [2.75, 3.05) is 31.5 Å². The third-order valence-electron chi connectivity index (χ3n) is 5.47. The lowest BCUT2D eigenvalue weighted by Gasteiger charge is -2.38. The van der Waals surface area contributed by atoms with Crippen molar-refractivity contribution >= 4 is 17.5 Å². The van der Waals surface area contributed by atoms with E-state index in [9.17, 15) is 14.0 Å². The van der Waals surface area contributed by atoms with Crippen LogP contribution in [0.15, 0.2) is 24.3 Å². The van der Waals surface area contributed by atoms with Crippen LogP contribution in [0.2, 0.25) is 0 Å². The van der Waals surface area contributed by atoms with Gasteiger partial charge in [0, 0.05) is 11.6 Å². The molecule has 2 fully saturated rings. The fourth-order valence-corrected chi connectivity index (χ4v) is 4.16. The fraction of sp³-hybridized carbons (Fsp3) is 0.579. The Morgan fingerprint density at radius 1 is 1.04 bits per heavy atom. The highest BCUT2D eigenvalue weighted by Gasteiger charge is 2.34. The monoisotopic (exact) mass is 348 g/mol. The number of carbonyl (C=O) groups is 2. The van der Waals surface area contributed by atoms with Gasteiger partial charge in [-0.05, 0) is 49.4 Å². The molecule has 6 heteroatoms. The highest BCUT2D eigenvalue weighted by atomic mass is 19.1. The van der Waals surface area contributed by atoms with Crippen LogP contribution in [0.4, 0.5) is 10.1 Å². The van der Waals surface area contributed by atoms with Crippen LogP contribution in [0.3, 0.4) is 0 Å². The van der Waals surface area contributed by atoms with Crippen molar-refractivity contribution in [2.24, 2.45) is 11.8 Å². The first kappa shape index (κ1) is 17.9. The molecule has 1 aliphatic heterocycles. The molecule has 0 radical (unpaired) electrons. The molecule has 0 bridgehead atoms. The average Bonchev–Trinajstić information content (AvgIpc) is 2.62. The van der Waals surface area contributed by atoms with Gasteiger partial charge in [-0.1, -0.05) is 12.8 Å². The zero-order chi connectivity index (χ0) is 17.6. The zero-order valence-electron chi connectivity index (χ0n) is 14.5. The van der Waals surface area contributed by atoms with Gasteiger partial charge in [0.1, 0.15) is 5.82 Å². The zero-order valence-corrected chi connectivity index (χ0v) is 14.5. The van der Waals surface area contributed by atoms with E-state index in [1.165, 1.54) is 61.3 Å². The van der Waals surface area contributed by atoms with Crippen molar-refractivity contribution in [2.45, 2.75) is 32.1 Å². The summed E-state index contributed by atoms with van der Waals surface area (Å²) in [7, 11) is 0. The molecular weight excluding hydrogens is 321 g/mol. The standard InChI is InChI=1S/C19H26FN3O2/c20-16-5-7-17(8-6-16)22-18(24)11-21-19(25)13-23-10-9-14-3-1-2-4-15(14)12-23/h5-8,14-15H,1-4,9-13H2,(H,21,25)(H,22,24)/p+1/t14-,15-/m1/s1. The number of hydrogen-bond acceptors (Lipinski definition) is 2. The normalized spacial score (nSPS) is 25.7. The highest BCUT2D eigenvalue weighted by Crippen LogP contribution is 2.32. The molecule has 1 saturated carbocycles. The molecule has 2 amide bonds. The molecule has 3 N–H and O–H groups in total. The van der Waals surface area contributed by atoms with E-state index in [0.717, 1.165) is 24.9 Å². The number of likely N-dealkylation sites (tertiary alicyclic amines) is 1. The summed E-state index contributed by atoms with van der Waals surface area (Å²) in [6.45, 7) is 2.51. The van der Waals surface area contributed by atoms with E-state index in [4.69, 9.17) is 0 Å². The van der Waals surface area contributed by atoms with Crippen LogP contribution >= 0.6 is 0 Å². The van der Waals surface area contributed by atoms with Crippen LogP contribution in [0, 0.1) is 17.7 Å². The summed E-state index contributed by atoms with van der Waals surface area (Å²) in [5, 5.41) is 5.33. The number of anilines is 1. The van der Waals surface area contributed by atoms with Crippen molar-refractivity contribution in [1.29, 1.82) is 0 Å². The van der Waals surface area contributed by atoms with Gasteiger partial charge in [-0.25, -0.2) is 4.39 Å². The van der Waals surface area contributed by atoms with Crippen LogP contribution < -0.4 is 15.5 Å². The summed E-state index contributed by atoms with van der Waals surface area (Å²) in [5.41, 5.74) is 0.519. The molecule has 1 aromatic rings. The maximum absolute atomic E-state index is 12.8. The molecule has 0 aromatic heterocycles. The van der Waals surface area contributed by atoms with Crippen molar-refractivity contribution in [1.82, 2.24) is 5.32 Å². The Balaban J connectivity index is 1.37. The molecule has 3 atom stereocenters. The fourth-order valence-electron chi connectivity index (χ4n) is 4.16. The van der Waals surface area contributed by atoms with Gasteiger partial charge in [0.2, 0.25) is 5.91 Å². The lowest BCUT2D eigenvalue weighted by atomic mass is 9.75.